The molecular formula is C17H15NO3S. The monoisotopic (exact) mass is 313 g/mol. The van der Waals surface area contributed by atoms with E-state index in [0.29, 0.717) is 17.9 Å². The van der Waals surface area contributed by atoms with Gasteiger partial charge in [-0.25, -0.2) is 4.98 Å². The number of nitrogens with zero attached hydrogens (tertiary/aromatic N) is 1. The van der Waals surface area contributed by atoms with Gasteiger partial charge in [0.2, 0.25) is 0 Å². The maximum Gasteiger partial charge on any atom is 0.162 e. The average Bonchev–Trinajstić information content (AvgIpc) is 3.14. The van der Waals surface area contributed by atoms with E-state index in [1.54, 1.807) is 31.2 Å². The van der Waals surface area contributed by atoms with Gasteiger partial charge in [0.25, 0.3) is 0 Å². The van der Waals surface area contributed by atoms with Crippen LogP contribution in [0.1, 0.15) is 28.7 Å². The van der Waals surface area contributed by atoms with Gasteiger partial charge in [-0.2, -0.15) is 0 Å². The Balaban J connectivity index is 1.64. The summed E-state index contributed by atoms with van der Waals surface area (Å²) in [5.41, 5.74) is 1.53. The number of benzene rings is 1. The molecule has 5 heteroatoms. The second-order valence-electron chi connectivity index (χ2n) is 4.92. The highest BCUT2D eigenvalue weighted by Gasteiger charge is 2.09. The van der Waals surface area contributed by atoms with E-state index >= 15 is 0 Å². The molecule has 2 heterocycles. The van der Waals surface area contributed by atoms with Gasteiger partial charge in [0.05, 0.1) is 5.69 Å². The zero-order chi connectivity index (χ0) is 15.5. The Morgan fingerprint density at radius 2 is 2.00 bits per heavy atom. The molecule has 0 aliphatic rings. The minimum atomic E-state index is 0.0458. The summed E-state index contributed by atoms with van der Waals surface area (Å²) in [7, 11) is 0. The van der Waals surface area contributed by atoms with Crippen molar-refractivity contribution in [3.63, 3.8) is 0 Å². The molecule has 1 aromatic carbocycles. The lowest BCUT2D eigenvalue weighted by Crippen LogP contribution is -1.97. The summed E-state index contributed by atoms with van der Waals surface area (Å²) in [5.74, 6) is 2.41. The van der Waals surface area contributed by atoms with E-state index in [0.717, 1.165) is 22.2 Å². The lowest BCUT2D eigenvalue weighted by atomic mass is 10.1. The summed E-state index contributed by atoms with van der Waals surface area (Å²) in [6.07, 6.45) is 0. The molecule has 3 rings (SSSR count). The SMILES string of the molecule is CC(=O)c1ccc(OCc2csc(-c3ccc(C)o3)n2)cc1. The molecule has 0 atom stereocenters. The Kier molecular flexibility index (Phi) is 4.06. The van der Waals surface area contributed by atoms with Gasteiger partial charge in [0.1, 0.15) is 18.1 Å². The van der Waals surface area contributed by atoms with Gasteiger partial charge in [-0.1, -0.05) is 0 Å². The van der Waals surface area contributed by atoms with E-state index in [2.05, 4.69) is 4.98 Å². The fraction of sp³-hybridized carbons (Fsp3) is 0.176. The average molecular weight is 313 g/mol. The van der Waals surface area contributed by atoms with Crippen LogP contribution in [0.5, 0.6) is 5.75 Å². The lowest BCUT2D eigenvalue weighted by Gasteiger charge is -2.04. The summed E-state index contributed by atoms with van der Waals surface area (Å²) in [6.45, 7) is 3.84. The van der Waals surface area contributed by atoms with Crippen LogP contribution < -0.4 is 4.74 Å². The Morgan fingerprint density at radius 1 is 1.23 bits per heavy atom. The smallest absolute Gasteiger partial charge is 0.162 e. The first-order valence-electron chi connectivity index (χ1n) is 6.87. The van der Waals surface area contributed by atoms with Crippen LogP contribution in [-0.2, 0) is 6.61 Å². The molecule has 0 aliphatic heterocycles. The van der Waals surface area contributed by atoms with Crippen LogP contribution in [0.25, 0.3) is 10.8 Å². The van der Waals surface area contributed by atoms with Crippen LogP contribution >= 0.6 is 11.3 Å². The molecule has 0 unspecified atom stereocenters. The Labute approximate surface area is 132 Å². The van der Waals surface area contributed by atoms with E-state index in [-0.39, 0.29) is 5.78 Å². The number of hydrogen-bond acceptors (Lipinski definition) is 5. The van der Waals surface area contributed by atoms with Gasteiger partial charge in [-0.05, 0) is 50.2 Å². The Bertz CT molecular complexity index is 786. The zero-order valence-corrected chi connectivity index (χ0v) is 13.1. The molecule has 4 nitrogen and oxygen atoms in total. The molecule has 0 fully saturated rings. The highest BCUT2D eigenvalue weighted by atomic mass is 32.1. The molecule has 22 heavy (non-hydrogen) atoms. The van der Waals surface area contributed by atoms with Gasteiger partial charge >= 0.3 is 0 Å². The summed E-state index contributed by atoms with van der Waals surface area (Å²) < 4.78 is 11.2. The highest BCUT2D eigenvalue weighted by Crippen LogP contribution is 2.26. The predicted octanol–water partition coefficient (Wildman–Crippen LogP) is 4.49. The third kappa shape index (κ3) is 3.26. The molecule has 112 valence electrons. The van der Waals surface area contributed by atoms with Crippen molar-refractivity contribution in [3.05, 3.63) is 58.8 Å². The van der Waals surface area contributed by atoms with E-state index in [9.17, 15) is 4.79 Å². The topological polar surface area (TPSA) is 52.3 Å². The van der Waals surface area contributed by atoms with Crippen LogP contribution in [0.3, 0.4) is 0 Å². The van der Waals surface area contributed by atoms with Crippen molar-refractivity contribution in [1.82, 2.24) is 4.98 Å². The van der Waals surface area contributed by atoms with Gasteiger partial charge in [0, 0.05) is 10.9 Å². The number of carbonyl (C=O) groups excluding carboxylic acids is 1. The Morgan fingerprint density at radius 3 is 2.64 bits per heavy atom. The molecule has 0 N–H and O–H groups in total. The second kappa shape index (κ2) is 6.15. The van der Waals surface area contributed by atoms with Crippen molar-refractivity contribution in [1.29, 1.82) is 0 Å². The number of hydrogen-bond donors (Lipinski definition) is 0. The third-order valence-electron chi connectivity index (χ3n) is 3.15. The molecule has 0 saturated carbocycles. The molecule has 0 radical (unpaired) electrons. The van der Waals surface area contributed by atoms with Crippen LogP contribution in [0.15, 0.2) is 46.2 Å². The van der Waals surface area contributed by atoms with Crippen molar-refractivity contribution >= 4 is 17.1 Å². The maximum atomic E-state index is 11.2. The first-order valence-corrected chi connectivity index (χ1v) is 7.75. The number of aromatic nitrogens is 1. The van der Waals surface area contributed by atoms with E-state index in [1.807, 2.05) is 24.4 Å². The number of aryl methyl sites for hydroxylation is 1. The lowest BCUT2D eigenvalue weighted by molar-refractivity contribution is 0.101. The zero-order valence-electron chi connectivity index (χ0n) is 12.3. The largest absolute Gasteiger partial charge is 0.487 e. The number of carbonyl (C=O) groups is 1. The number of ketones is 1. The van der Waals surface area contributed by atoms with E-state index in [4.69, 9.17) is 9.15 Å². The first kappa shape index (κ1) is 14.5. The molecule has 0 spiro atoms. The Hall–Kier alpha value is -2.40. The quantitative estimate of drug-likeness (QED) is 0.651. The third-order valence-corrected chi connectivity index (χ3v) is 4.06. The summed E-state index contributed by atoms with van der Waals surface area (Å²) in [4.78, 5) is 15.7. The number of furan rings is 1. The van der Waals surface area contributed by atoms with Crippen molar-refractivity contribution in [3.8, 4) is 16.5 Å². The number of ether oxygens (including phenoxy) is 1. The van der Waals surface area contributed by atoms with Crippen LogP contribution in [0.4, 0.5) is 0 Å². The number of Topliss-reactive ketones (excluding diaryl/α,β-unsaturated/α-hetero) is 1. The maximum absolute atomic E-state index is 11.2. The van der Waals surface area contributed by atoms with Crippen LogP contribution in [0, 0.1) is 6.92 Å². The van der Waals surface area contributed by atoms with E-state index in [1.165, 1.54) is 11.3 Å². The standard InChI is InChI=1S/C17H15NO3S/c1-11-3-8-16(21-11)17-18-14(10-22-17)9-20-15-6-4-13(5-7-15)12(2)19/h3-8,10H,9H2,1-2H3. The fourth-order valence-corrected chi connectivity index (χ4v) is 2.74. The molecule has 2 aromatic heterocycles. The molecule has 0 amide bonds. The van der Waals surface area contributed by atoms with Gasteiger partial charge in [0.15, 0.2) is 16.6 Å². The number of thiazole rings is 1. The first-order chi connectivity index (χ1) is 10.6. The summed E-state index contributed by atoms with van der Waals surface area (Å²) in [6, 6.07) is 10.9. The summed E-state index contributed by atoms with van der Waals surface area (Å²) in [5, 5.41) is 2.80. The van der Waals surface area contributed by atoms with Gasteiger partial charge in [-0.3, -0.25) is 4.79 Å². The number of rotatable bonds is 5. The normalized spacial score (nSPS) is 10.6. The molecule has 0 aliphatic carbocycles. The predicted molar refractivity (Wildman–Crippen MR) is 85.3 cm³/mol. The van der Waals surface area contributed by atoms with Crippen molar-refractivity contribution < 1.29 is 13.9 Å². The molecule has 0 saturated heterocycles. The van der Waals surface area contributed by atoms with Gasteiger partial charge in [-0.15, -0.1) is 11.3 Å². The highest BCUT2D eigenvalue weighted by molar-refractivity contribution is 7.13. The van der Waals surface area contributed by atoms with Crippen molar-refractivity contribution in [2.24, 2.45) is 0 Å². The summed E-state index contributed by atoms with van der Waals surface area (Å²) >= 11 is 1.53. The molecule has 0 bridgehead atoms. The van der Waals surface area contributed by atoms with Crippen LogP contribution in [-0.4, -0.2) is 10.8 Å². The second-order valence-corrected chi connectivity index (χ2v) is 5.78. The minimum Gasteiger partial charge on any atom is -0.487 e. The van der Waals surface area contributed by atoms with Crippen molar-refractivity contribution in [2.75, 3.05) is 0 Å². The van der Waals surface area contributed by atoms with Crippen LogP contribution in [0.2, 0.25) is 0 Å². The minimum absolute atomic E-state index is 0.0458. The molecular weight excluding hydrogens is 298 g/mol. The molecule has 3 aromatic rings. The fourth-order valence-electron chi connectivity index (χ4n) is 1.98. The van der Waals surface area contributed by atoms with Gasteiger partial charge < -0.3 is 9.15 Å². The van der Waals surface area contributed by atoms with E-state index < -0.39 is 0 Å². The van der Waals surface area contributed by atoms with Crippen molar-refractivity contribution in [2.45, 2.75) is 20.5 Å².